The second kappa shape index (κ2) is 8.26. The molecular weight excluding hydrogens is 306 g/mol. The van der Waals surface area contributed by atoms with Gasteiger partial charge in [0.1, 0.15) is 0 Å². The highest BCUT2D eigenvalue weighted by atomic mass is 16.6. The van der Waals surface area contributed by atoms with E-state index in [0.29, 0.717) is 11.3 Å². The first-order valence-electron chi connectivity index (χ1n) is 7.20. The maximum absolute atomic E-state index is 10.9. The molecule has 0 aliphatic carbocycles. The number of hydrogen-bond acceptors (Lipinski definition) is 4. The normalized spacial score (nSPS) is 12.2. The van der Waals surface area contributed by atoms with Crippen LogP contribution in [0.1, 0.15) is 24.1 Å². The first kappa shape index (κ1) is 16.9. The van der Waals surface area contributed by atoms with E-state index in [2.05, 4.69) is 15.0 Å². The van der Waals surface area contributed by atoms with Crippen molar-refractivity contribution in [3.8, 4) is 0 Å². The van der Waals surface area contributed by atoms with Gasteiger partial charge in [-0.3, -0.25) is 15.1 Å². The summed E-state index contributed by atoms with van der Waals surface area (Å²) in [4.78, 5) is 17.7. The third-order valence-electron chi connectivity index (χ3n) is 3.34. The summed E-state index contributed by atoms with van der Waals surface area (Å²) in [6, 6.07) is 13.5. The molecule has 7 heteroatoms. The lowest BCUT2D eigenvalue weighted by molar-refractivity contribution is -0.385. The van der Waals surface area contributed by atoms with Crippen molar-refractivity contribution in [2.45, 2.75) is 13.0 Å². The Hall–Kier alpha value is -3.44. The summed E-state index contributed by atoms with van der Waals surface area (Å²) in [6.07, 6.45) is 4.86. The highest BCUT2D eigenvalue weighted by molar-refractivity contribution is 5.80. The van der Waals surface area contributed by atoms with Crippen molar-refractivity contribution in [1.82, 2.24) is 0 Å². The fourth-order valence-corrected chi connectivity index (χ4v) is 2.18. The minimum absolute atomic E-state index is 0.0453. The van der Waals surface area contributed by atoms with Crippen LogP contribution in [0.2, 0.25) is 0 Å². The molecule has 24 heavy (non-hydrogen) atoms. The van der Waals surface area contributed by atoms with Crippen molar-refractivity contribution in [2.24, 2.45) is 10.1 Å². The Balaban J connectivity index is 2.15. The van der Waals surface area contributed by atoms with Crippen molar-refractivity contribution >= 4 is 23.7 Å². The van der Waals surface area contributed by atoms with Crippen LogP contribution in [-0.2, 0) is 0 Å². The second-order valence-electron chi connectivity index (χ2n) is 4.90. The third-order valence-corrected chi connectivity index (χ3v) is 3.34. The lowest BCUT2D eigenvalue weighted by Gasteiger charge is -2.08. The maximum Gasteiger partial charge on any atom is 0.276 e. The summed E-state index contributed by atoms with van der Waals surface area (Å²) >= 11 is 0. The Bertz CT molecular complexity index is 838. The molecule has 0 aliphatic rings. The van der Waals surface area contributed by atoms with Crippen LogP contribution in [0.5, 0.6) is 0 Å². The van der Waals surface area contributed by atoms with E-state index < -0.39 is 4.92 Å². The molecule has 2 aromatic carbocycles. The summed E-state index contributed by atoms with van der Waals surface area (Å²) in [5.41, 5.74) is 10.5. The minimum Gasteiger partial charge on any atom is -0.285 e. The topological polar surface area (TPSA) is 104 Å². The van der Waals surface area contributed by atoms with Crippen molar-refractivity contribution in [3.63, 3.8) is 0 Å². The van der Waals surface area contributed by atoms with E-state index >= 15 is 0 Å². The Morgan fingerprint density at radius 2 is 1.92 bits per heavy atom. The predicted molar refractivity (Wildman–Crippen MR) is 94.3 cm³/mol. The molecule has 2 aromatic rings. The van der Waals surface area contributed by atoms with Gasteiger partial charge in [-0.1, -0.05) is 41.5 Å². The maximum atomic E-state index is 10.9. The van der Waals surface area contributed by atoms with Gasteiger partial charge in [0.2, 0.25) is 0 Å². The van der Waals surface area contributed by atoms with Gasteiger partial charge in [-0.2, -0.15) is 0 Å². The molecule has 2 rings (SSSR count). The molecule has 0 heterocycles. The van der Waals surface area contributed by atoms with Gasteiger partial charge in [-0.25, -0.2) is 0 Å². The van der Waals surface area contributed by atoms with Crippen LogP contribution in [0.3, 0.4) is 0 Å². The molecule has 0 aromatic heterocycles. The van der Waals surface area contributed by atoms with E-state index in [1.165, 1.54) is 6.07 Å². The molecule has 0 saturated carbocycles. The number of allylic oxidation sites excluding steroid dienone is 1. The molecule has 0 saturated heterocycles. The molecule has 0 spiro atoms. The summed E-state index contributed by atoms with van der Waals surface area (Å²) in [5, 5.41) is 14.6. The number of hydrogen-bond donors (Lipinski definition) is 0. The zero-order valence-electron chi connectivity index (χ0n) is 13.0. The molecule has 1 atom stereocenters. The number of aliphatic imine (C=N–C) groups is 1. The molecule has 0 unspecified atom stereocenters. The quantitative estimate of drug-likeness (QED) is 0.178. The zero-order chi connectivity index (χ0) is 17.4. The van der Waals surface area contributed by atoms with Gasteiger partial charge < -0.3 is 0 Å². The average Bonchev–Trinajstić information content (AvgIpc) is 2.59. The minimum atomic E-state index is -0.421. The third kappa shape index (κ3) is 4.28. The number of para-hydroxylation sites is 1. The molecule has 0 aliphatic heterocycles. The smallest absolute Gasteiger partial charge is 0.276 e. The van der Waals surface area contributed by atoms with E-state index in [0.717, 1.165) is 5.56 Å². The summed E-state index contributed by atoms with van der Waals surface area (Å²) < 4.78 is 0. The Morgan fingerprint density at radius 1 is 1.21 bits per heavy atom. The average molecular weight is 321 g/mol. The standard InChI is InChI=1S/C17H15N5O2/c1-13(15-9-3-4-10-16(15)20-21-18)19-12-6-8-14-7-2-5-11-17(14)22(23)24/h2-13H,1H3/b8-6+,19-12?/t13-/m0/s1. The SMILES string of the molecule is C[C@H](N=C/C=C/c1ccccc1[N+](=O)[O-])c1ccccc1N=[N+]=[N-]. The van der Waals surface area contributed by atoms with Crippen LogP contribution < -0.4 is 0 Å². The lowest BCUT2D eigenvalue weighted by Crippen LogP contribution is -1.91. The number of nitro benzene ring substituents is 1. The van der Waals surface area contributed by atoms with E-state index in [4.69, 9.17) is 5.53 Å². The van der Waals surface area contributed by atoms with Crippen LogP contribution in [0, 0.1) is 10.1 Å². The zero-order valence-corrected chi connectivity index (χ0v) is 13.0. The van der Waals surface area contributed by atoms with Crippen molar-refractivity contribution < 1.29 is 4.92 Å². The Morgan fingerprint density at radius 3 is 2.67 bits per heavy atom. The van der Waals surface area contributed by atoms with E-state index in [1.54, 1.807) is 48.7 Å². The molecule has 0 radical (unpaired) electrons. The fourth-order valence-electron chi connectivity index (χ4n) is 2.18. The molecule has 0 amide bonds. The van der Waals surface area contributed by atoms with Crippen LogP contribution >= 0.6 is 0 Å². The lowest BCUT2D eigenvalue weighted by atomic mass is 10.1. The fraction of sp³-hybridized carbons (Fsp3) is 0.118. The number of nitrogens with zero attached hydrogens (tertiary/aromatic N) is 5. The summed E-state index contributed by atoms with van der Waals surface area (Å²) in [7, 11) is 0. The Kier molecular flexibility index (Phi) is 5.82. The van der Waals surface area contributed by atoms with Crippen molar-refractivity contribution in [2.75, 3.05) is 0 Å². The van der Waals surface area contributed by atoms with Crippen LogP contribution in [0.15, 0.2) is 64.7 Å². The molecular formula is C17H15N5O2. The van der Waals surface area contributed by atoms with Gasteiger partial charge >= 0.3 is 0 Å². The van der Waals surface area contributed by atoms with E-state index in [-0.39, 0.29) is 11.7 Å². The number of rotatable bonds is 6. The summed E-state index contributed by atoms with van der Waals surface area (Å²) in [5.74, 6) is 0. The first-order valence-corrected chi connectivity index (χ1v) is 7.20. The molecule has 120 valence electrons. The van der Waals surface area contributed by atoms with E-state index in [1.807, 2.05) is 19.1 Å². The van der Waals surface area contributed by atoms with Crippen molar-refractivity contribution in [3.05, 3.63) is 86.3 Å². The molecule has 0 fully saturated rings. The van der Waals surface area contributed by atoms with Crippen molar-refractivity contribution in [1.29, 1.82) is 0 Å². The van der Waals surface area contributed by atoms with Gasteiger partial charge in [-0.15, -0.1) is 0 Å². The molecule has 7 nitrogen and oxygen atoms in total. The van der Waals surface area contributed by atoms with Gasteiger partial charge in [0.25, 0.3) is 5.69 Å². The molecule has 0 bridgehead atoms. The molecule has 0 N–H and O–H groups in total. The predicted octanol–water partition coefficient (Wildman–Crippen LogP) is 5.38. The van der Waals surface area contributed by atoms with Gasteiger partial charge in [-0.05, 0) is 36.2 Å². The van der Waals surface area contributed by atoms with Gasteiger partial charge in [0.05, 0.1) is 16.5 Å². The Labute approximate surface area is 138 Å². The van der Waals surface area contributed by atoms with E-state index in [9.17, 15) is 10.1 Å². The van der Waals surface area contributed by atoms with Crippen LogP contribution in [0.4, 0.5) is 11.4 Å². The largest absolute Gasteiger partial charge is 0.285 e. The van der Waals surface area contributed by atoms with Crippen LogP contribution in [-0.4, -0.2) is 11.1 Å². The van der Waals surface area contributed by atoms with Gasteiger partial charge in [0.15, 0.2) is 0 Å². The van der Waals surface area contributed by atoms with Crippen LogP contribution in [0.25, 0.3) is 16.5 Å². The number of nitro groups is 1. The second-order valence-corrected chi connectivity index (χ2v) is 4.90. The first-order chi connectivity index (χ1) is 11.6. The highest BCUT2D eigenvalue weighted by Gasteiger charge is 2.09. The summed E-state index contributed by atoms with van der Waals surface area (Å²) in [6.45, 7) is 1.88. The number of azide groups is 1. The van der Waals surface area contributed by atoms with Gasteiger partial charge in [0, 0.05) is 22.9 Å². The number of benzene rings is 2. The monoisotopic (exact) mass is 321 g/mol. The highest BCUT2D eigenvalue weighted by Crippen LogP contribution is 2.27.